The van der Waals surface area contributed by atoms with Crippen LogP contribution >= 0.6 is 0 Å². The number of amides is 1. The standard InChI is InChI=1S/C15H17N3O2/c1-3-20-14-7-5-4-6-12(14)18-15(19)13-9-8-11(16-2)10-17-13/h4-10,16H,3H2,1-2H3,(H,18,19). The Kier molecular flexibility index (Phi) is 4.55. The zero-order chi connectivity index (χ0) is 14.4. The Balaban J connectivity index is 2.14. The topological polar surface area (TPSA) is 63.2 Å². The molecule has 1 aromatic carbocycles. The van der Waals surface area contributed by atoms with E-state index in [0.717, 1.165) is 5.69 Å². The molecule has 104 valence electrons. The zero-order valence-corrected chi connectivity index (χ0v) is 11.5. The molecule has 2 rings (SSSR count). The lowest BCUT2D eigenvalue weighted by Gasteiger charge is -2.11. The minimum Gasteiger partial charge on any atom is -0.492 e. The first-order chi connectivity index (χ1) is 9.74. The fourth-order valence-electron chi connectivity index (χ4n) is 1.71. The number of pyridine rings is 1. The Bertz CT molecular complexity index is 582. The number of hydrogen-bond acceptors (Lipinski definition) is 4. The average molecular weight is 271 g/mol. The van der Waals surface area contributed by atoms with Crippen molar-refractivity contribution in [1.29, 1.82) is 0 Å². The molecular formula is C15H17N3O2. The number of nitrogens with zero attached hydrogens (tertiary/aromatic N) is 1. The van der Waals surface area contributed by atoms with Gasteiger partial charge in [-0.2, -0.15) is 0 Å². The Labute approximate surface area is 118 Å². The Morgan fingerprint density at radius 1 is 1.25 bits per heavy atom. The second-order valence-electron chi connectivity index (χ2n) is 4.07. The number of ether oxygens (including phenoxy) is 1. The molecule has 0 unspecified atom stereocenters. The molecule has 5 nitrogen and oxygen atoms in total. The summed E-state index contributed by atoms with van der Waals surface area (Å²) in [7, 11) is 1.80. The van der Waals surface area contributed by atoms with Crippen LogP contribution in [0.15, 0.2) is 42.6 Å². The van der Waals surface area contributed by atoms with Gasteiger partial charge >= 0.3 is 0 Å². The first kappa shape index (κ1) is 13.9. The van der Waals surface area contributed by atoms with Gasteiger partial charge in [0.25, 0.3) is 5.91 Å². The molecule has 2 aromatic rings. The summed E-state index contributed by atoms with van der Waals surface area (Å²) < 4.78 is 5.47. The van der Waals surface area contributed by atoms with Crippen molar-refractivity contribution in [2.75, 3.05) is 24.3 Å². The third-order valence-electron chi connectivity index (χ3n) is 2.72. The molecule has 20 heavy (non-hydrogen) atoms. The number of nitrogens with one attached hydrogen (secondary N) is 2. The molecule has 0 aliphatic carbocycles. The molecule has 1 aromatic heterocycles. The molecule has 0 fully saturated rings. The monoisotopic (exact) mass is 271 g/mol. The molecule has 5 heteroatoms. The van der Waals surface area contributed by atoms with Gasteiger partial charge in [-0.3, -0.25) is 4.79 Å². The summed E-state index contributed by atoms with van der Waals surface area (Å²) in [5.41, 5.74) is 1.85. The minimum atomic E-state index is -0.264. The van der Waals surface area contributed by atoms with Crippen LogP contribution in [0.3, 0.4) is 0 Å². The highest BCUT2D eigenvalue weighted by molar-refractivity contribution is 6.03. The summed E-state index contributed by atoms with van der Waals surface area (Å²) >= 11 is 0. The van der Waals surface area contributed by atoms with Crippen molar-refractivity contribution in [3.63, 3.8) is 0 Å². The third kappa shape index (κ3) is 3.26. The number of anilines is 2. The van der Waals surface area contributed by atoms with E-state index in [9.17, 15) is 4.79 Å². The van der Waals surface area contributed by atoms with Crippen LogP contribution in [-0.2, 0) is 0 Å². The van der Waals surface area contributed by atoms with Crippen molar-refractivity contribution in [2.45, 2.75) is 6.92 Å². The maximum atomic E-state index is 12.1. The van der Waals surface area contributed by atoms with Crippen LogP contribution in [0.5, 0.6) is 5.75 Å². The average Bonchev–Trinajstić information content (AvgIpc) is 2.49. The van der Waals surface area contributed by atoms with Crippen molar-refractivity contribution in [2.24, 2.45) is 0 Å². The smallest absolute Gasteiger partial charge is 0.274 e. The largest absolute Gasteiger partial charge is 0.492 e. The molecule has 2 N–H and O–H groups in total. The summed E-state index contributed by atoms with van der Waals surface area (Å²) in [4.78, 5) is 16.2. The van der Waals surface area contributed by atoms with Crippen LogP contribution in [0.25, 0.3) is 0 Å². The predicted molar refractivity (Wildman–Crippen MR) is 79.3 cm³/mol. The van der Waals surface area contributed by atoms with Gasteiger partial charge in [-0.15, -0.1) is 0 Å². The predicted octanol–water partition coefficient (Wildman–Crippen LogP) is 2.77. The Morgan fingerprint density at radius 2 is 2.05 bits per heavy atom. The quantitative estimate of drug-likeness (QED) is 0.877. The van der Waals surface area contributed by atoms with E-state index in [-0.39, 0.29) is 5.91 Å². The number of benzene rings is 1. The van der Waals surface area contributed by atoms with Crippen molar-refractivity contribution < 1.29 is 9.53 Å². The molecule has 0 saturated heterocycles. The van der Waals surface area contributed by atoms with Crippen molar-refractivity contribution in [1.82, 2.24) is 4.98 Å². The molecule has 0 atom stereocenters. The second-order valence-corrected chi connectivity index (χ2v) is 4.07. The van der Waals surface area contributed by atoms with Gasteiger partial charge in [-0.1, -0.05) is 12.1 Å². The highest BCUT2D eigenvalue weighted by atomic mass is 16.5. The van der Waals surface area contributed by atoms with E-state index in [1.54, 1.807) is 31.4 Å². The van der Waals surface area contributed by atoms with E-state index in [0.29, 0.717) is 23.7 Å². The van der Waals surface area contributed by atoms with Crippen LogP contribution < -0.4 is 15.4 Å². The van der Waals surface area contributed by atoms with Gasteiger partial charge in [0.2, 0.25) is 0 Å². The molecule has 0 spiro atoms. The van der Waals surface area contributed by atoms with Crippen LogP contribution in [0.2, 0.25) is 0 Å². The normalized spacial score (nSPS) is 9.90. The van der Waals surface area contributed by atoms with Gasteiger partial charge in [0.15, 0.2) is 0 Å². The summed E-state index contributed by atoms with van der Waals surface area (Å²) in [5.74, 6) is 0.384. The van der Waals surface area contributed by atoms with Crippen molar-refractivity contribution in [3.05, 3.63) is 48.3 Å². The minimum absolute atomic E-state index is 0.264. The molecule has 0 aliphatic heterocycles. The SMILES string of the molecule is CCOc1ccccc1NC(=O)c1ccc(NC)cn1. The lowest BCUT2D eigenvalue weighted by Crippen LogP contribution is -2.14. The molecule has 1 amide bonds. The molecule has 0 saturated carbocycles. The van der Waals surface area contributed by atoms with E-state index in [1.165, 1.54) is 0 Å². The van der Waals surface area contributed by atoms with Gasteiger partial charge in [0, 0.05) is 7.05 Å². The van der Waals surface area contributed by atoms with E-state index in [2.05, 4.69) is 15.6 Å². The zero-order valence-electron chi connectivity index (χ0n) is 11.5. The number of aromatic nitrogens is 1. The van der Waals surface area contributed by atoms with E-state index < -0.39 is 0 Å². The van der Waals surface area contributed by atoms with Crippen LogP contribution in [0.1, 0.15) is 17.4 Å². The number of carbonyl (C=O) groups is 1. The first-order valence-electron chi connectivity index (χ1n) is 6.41. The molecule has 0 bridgehead atoms. The first-order valence-corrected chi connectivity index (χ1v) is 6.41. The molecule has 0 aliphatic rings. The third-order valence-corrected chi connectivity index (χ3v) is 2.72. The van der Waals surface area contributed by atoms with E-state index >= 15 is 0 Å². The summed E-state index contributed by atoms with van der Waals surface area (Å²) in [6, 6.07) is 10.8. The van der Waals surface area contributed by atoms with E-state index in [1.807, 2.05) is 25.1 Å². The van der Waals surface area contributed by atoms with Crippen molar-refractivity contribution >= 4 is 17.3 Å². The molecule has 0 radical (unpaired) electrons. The maximum absolute atomic E-state index is 12.1. The Morgan fingerprint density at radius 3 is 2.70 bits per heavy atom. The van der Waals surface area contributed by atoms with Crippen LogP contribution in [-0.4, -0.2) is 24.5 Å². The Hall–Kier alpha value is -2.56. The summed E-state index contributed by atoms with van der Waals surface area (Å²) in [5, 5.41) is 5.76. The molecular weight excluding hydrogens is 254 g/mol. The van der Waals surface area contributed by atoms with Gasteiger partial charge in [0.05, 0.1) is 24.2 Å². The van der Waals surface area contributed by atoms with Gasteiger partial charge < -0.3 is 15.4 Å². The summed E-state index contributed by atoms with van der Waals surface area (Å²) in [6.45, 7) is 2.44. The number of para-hydroxylation sites is 2. The summed E-state index contributed by atoms with van der Waals surface area (Å²) in [6.07, 6.45) is 1.61. The van der Waals surface area contributed by atoms with Crippen LogP contribution in [0.4, 0.5) is 11.4 Å². The van der Waals surface area contributed by atoms with Gasteiger partial charge in [0.1, 0.15) is 11.4 Å². The molecule has 1 heterocycles. The van der Waals surface area contributed by atoms with Crippen LogP contribution in [0, 0.1) is 0 Å². The highest BCUT2D eigenvalue weighted by Crippen LogP contribution is 2.24. The number of hydrogen-bond donors (Lipinski definition) is 2. The highest BCUT2D eigenvalue weighted by Gasteiger charge is 2.10. The lowest BCUT2D eigenvalue weighted by molar-refractivity contribution is 0.102. The van der Waals surface area contributed by atoms with Gasteiger partial charge in [-0.05, 0) is 31.2 Å². The van der Waals surface area contributed by atoms with Crippen molar-refractivity contribution in [3.8, 4) is 5.75 Å². The lowest BCUT2D eigenvalue weighted by atomic mass is 10.2. The fraction of sp³-hybridized carbons (Fsp3) is 0.200. The second kappa shape index (κ2) is 6.56. The number of rotatable bonds is 5. The maximum Gasteiger partial charge on any atom is 0.274 e. The van der Waals surface area contributed by atoms with Gasteiger partial charge in [-0.25, -0.2) is 4.98 Å². The number of carbonyl (C=O) groups excluding carboxylic acids is 1. The fourth-order valence-corrected chi connectivity index (χ4v) is 1.71. The van der Waals surface area contributed by atoms with E-state index in [4.69, 9.17) is 4.74 Å².